The first-order valence-electron chi connectivity index (χ1n) is 15.8. The van der Waals surface area contributed by atoms with Gasteiger partial charge in [0.25, 0.3) is 5.56 Å². The van der Waals surface area contributed by atoms with Crippen molar-refractivity contribution in [3.8, 4) is 11.5 Å². The van der Waals surface area contributed by atoms with Crippen LogP contribution in [0.15, 0.2) is 111 Å². The zero-order valence-electron chi connectivity index (χ0n) is 27.4. The lowest BCUT2D eigenvalue weighted by Gasteiger charge is -2.26. The standard InChI is InChI=1S/C39H34BrFN2O5S/c1-5-47-38(45)33-34(26-11-7-6-8-12-26)42-39-43(35(33)27-17-15-25(16-18-27)23(2)3)37(44)32(49-39)21-24-19-29(40)36(31(20-24)46-4)48-22-28-13-9-10-14-30(28)41/h6-21,23,35H,5,22H2,1-4H3/b32-21-/t35-/m1/s1. The van der Waals surface area contributed by atoms with Gasteiger partial charge in [-0.15, -0.1) is 0 Å². The van der Waals surface area contributed by atoms with Crippen LogP contribution in [0.4, 0.5) is 4.39 Å². The zero-order valence-corrected chi connectivity index (χ0v) is 29.8. The molecule has 0 unspecified atom stereocenters. The van der Waals surface area contributed by atoms with E-state index in [4.69, 9.17) is 19.2 Å². The van der Waals surface area contributed by atoms with E-state index in [9.17, 15) is 14.0 Å². The summed E-state index contributed by atoms with van der Waals surface area (Å²) < 4.78 is 34.0. The van der Waals surface area contributed by atoms with E-state index in [0.717, 1.165) is 16.7 Å². The van der Waals surface area contributed by atoms with Crippen LogP contribution >= 0.6 is 27.3 Å². The number of carbonyl (C=O) groups excluding carboxylic acids is 1. The van der Waals surface area contributed by atoms with Crippen molar-refractivity contribution < 1.29 is 23.4 Å². The van der Waals surface area contributed by atoms with Crippen molar-refractivity contribution in [3.05, 3.63) is 154 Å². The van der Waals surface area contributed by atoms with Crippen molar-refractivity contribution in [2.24, 2.45) is 4.99 Å². The molecule has 1 atom stereocenters. The highest BCUT2D eigenvalue weighted by Crippen LogP contribution is 2.38. The number of halogens is 2. The fraction of sp³-hybridized carbons (Fsp3) is 0.205. The lowest BCUT2D eigenvalue weighted by molar-refractivity contribution is -0.138. The van der Waals surface area contributed by atoms with E-state index in [-0.39, 0.29) is 24.6 Å². The molecule has 0 aliphatic carbocycles. The Hall–Kier alpha value is -4.80. The minimum atomic E-state index is -0.774. The summed E-state index contributed by atoms with van der Waals surface area (Å²) in [5.41, 5.74) is 4.18. The quantitative estimate of drug-likeness (QED) is 0.138. The number of methoxy groups -OCH3 is 1. The summed E-state index contributed by atoms with van der Waals surface area (Å²) in [5, 5.41) is 0. The molecular formula is C39H34BrFN2O5S. The highest BCUT2D eigenvalue weighted by atomic mass is 79.9. The van der Waals surface area contributed by atoms with Gasteiger partial charge in [-0.2, -0.15) is 0 Å². The number of ether oxygens (including phenoxy) is 3. The van der Waals surface area contributed by atoms with E-state index in [0.29, 0.717) is 53.6 Å². The molecule has 10 heteroatoms. The van der Waals surface area contributed by atoms with Gasteiger partial charge in [0, 0.05) is 11.1 Å². The molecule has 0 saturated heterocycles. The van der Waals surface area contributed by atoms with Gasteiger partial charge in [0.15, 0.2) is 16.3 Å². The molecule has 0 fully saturated rings. The Kier molecular flexibility index (Phi) is 10.3. The maximum absolute atomic E-state index is 14.3. The van der Waals surface area contributed by atoms with Crippen molar-refractivity contribution in [1.82, 2.24) is 4.57 Å². The molecule has 0 N–H and O–H groups in total. The molecule has 0 saturated carbocycles. The molecular weight excluding hydrogens is 707 g/mol. The predicted molar refractivity (Wildman–Crippen MR) is 193 cm³/mol. The van der Waals surface area contributed by atoms with Crippen LogP contribution in [0.1, 0.15) is 60.5 Å². The first-order chi connectivity index (χ1) is 23.7. The van der Waals surface area contributed by atoms with Crippen molar-refractivity contribution in [1.29, 1.82) is 0 Å². The Bertz CT molecular complexity index is 2230. The van der Waals surface area contributed by atoms with Crippen LogP contribution in [-0.4, -0.2) is 24.3 Å². The Morgan fingerprint density at radius 2 is 1.76 bits per heavy atom. The summed E-state index contributed by atoms with van der Waals surface area (Å²) >= 11 is 4.81. The SMILES string of the molecule is CCOC(=O)C1=C(c2ccccc2)N=c2s/c(=C\c3cc(Br)c(OCc4ccccc4F)c(OC)c3)c(=O)n2[C@@H]1c1ccc(C(C)C)cc1. The fourth-order valence-corrected chi connectivity index (χ4v) is 7.27. The van der Waals surface area contributed by atoms with Gasteiger partial charge in [-0.3, -0.25) is 9.36 Å². The summed E-state index contributed by atoms with van der Waals surface area (Å²) in [6.45, 7) is 6.16. The second-order valence-corrected chi connectivity index (χ2v) is 13.5. The lowest BCUT2D eigenvalue weighted by Crippen LogP contribution is -2.40. The minimum Gasteiger partial charge on any atom is -0.493 e. The average molecular weight is 742 g/mol. The van der Waals surface area contributed by atoms with Crippen LogP contribution in [0.5, 0.6) is 11.5 Å². The molecule has 4 aromatic carbocycles. The summed E-state index contributed by atoms with van der Waals surface area (Å²) in [7, 11) is 1.52. The molecule has 0 spiro atoms. The highest BCUT2D eigenvalue weighted by molar-refractivity contribution is 9.10. The summed E-state index contributed by atoms with van der Waals surface area (Å²) in [6, 6.07) is 26.6. The summed E-state index contributed by atoms with van der Waals surface area (Å²) in [4.78, 5) is 33.5. The van der Waals surface area contributed by atoms with Crippen molar-refractivity contribution in [2.45, 2.75) is 39.3 Å². The summed E-state index contributed by atoms with van der Waals surface area (Å²) in [5.74, 6) is 0.227. The van der Waals surface area contributed by atoms with E-state index in [1.165, 1.54) is 24.5 Å². The predicted octanol–water partition coefficient (Wildman–Crippen LogP) is 7.55. The number of benzene rings is 4. The van der Waals surface area contributed by atoms with Gasteiger partial charge in [-0.05, 0) is 69.7 Å². The van der Waals surface area contributed by atoms with Crippen LogP contribution in [0.25, 0.3) is 11.8 Å². The molecule has 6 rings (SSSR count). The average Bonchev–Trinajstić information content (AvgIpc) is 3.41. The zero-order chi connectivity index (χ0) is 34.7. The Balaban J connectivity index is 1.50. The fourth-order valence-electron chi connectivity index (χ4n) is 5.70. The van der Waals surface area contributed by atoms with E-state index in [1.807, 2.05) is 54.6 Å². The van der Waals surface area contributed by atoms with E-state index >= 15 is 0 Å². The number of thiazole rings is 1. The van der Waals surface area contributed by atoms with Gasteiger partial charge in [0.05, 0.1) is 40.0 Å². The second-order valence-electron chi connectivity index (χ2n) is 11.7. The van der Waals surface area contributed by atoms with Crippen LogP contribution in [-0.2, 0) is 16.1 Å². The number of esters is 1. The molecule has 0 amide bonds. The van der Waals surface area contributed by atoms with Crippen molar-refractivity contribution in [2.75, 3.05) is 13.7 Å². The first-order valence-corrected chi connectivity index (χ1v) is 17.4. The molecule has 1 aliphatic rings. The van der Waals surface area contributed by atoms with E-state index in [2.05, 4.69) is 29.8 Å². The Morgan fingerprint density at radius 1 is 1.04 bits per heavy atom. The van der Waals surface area contributed by atoms with Gasteiger partial charge in [-0.1, -0.05) is 98.0 Å². The molecule has 1 aromatic heterocycles. The van der Waals surface area contributed by atoms with E-state index < -0.39 is 12.0 Å². The number of carbonyl (C=O) groups is 1. The van der Waals surface area contributed by atoms with Crippen LogP contribution in [0.3, 0.4) is 0 Å². The second kappa shape index (κ2) is 14.8. The van der Waals surface area contributed by atoms with Gasteiger partial charge in [0.2, 0.25) is 0 Å². The first kappa shape index (κ1) is 34.1. The van der Waals surface area contributed by atoms with Gasteiger partial charge in [0.1, 0.15) is 12.4 Å². The number of hydrogen-bond acceptors (Lipinski definition) is 7. The number of aromatic nitrogens is 1. The number of rotatable bonds is 10. The van der Waals surface area contributed by atoms with Crippen LogP contribution in [0.2, 0.25) is 0 Å². The molecule has 5 aromatic rings. The van der Waals surface area contributed by atoms with Gasteiger partial charge >= 0.3 is 5.97 Å². The largest absolute Gasteiger partial charge is 0.493 e. The molecule has 1 aliphatic heterocycles. The van der Waals surface area contributed by atoms with Crippen LogP contribution < -0.4 is 24.4 Å². The third kappa shape index (κ3) is 7.02. The van der Waals surface area contributed by atoms with Gasteiger partial charge < -0.3 is 14.2 Å². The Morgan fingerprint density at radius 3 is 2.43 bits per heavy atom. The van der Waals surface area contributed by atoms with Crippen molar-refractivity contribution >= 4 is 45.0 Å². The maximum atomic E-state index is 14.3. The minimum absolute atomic E-state index is 0.00424. The molecule has 2 heterocycles. The van der Waals surface area contributed by atoms with Crippen LogP contribution in [0, 0.1) is 5.82 Å². The Labute approximate surface area is 295 Å². The number of hydrogen-bond donors (Lipinski definition) is 0. The third-order valence-electron chi connectivity index (χ3n) is 8.17. The number of fused-ring (bicyclic) bond motifs is 1. The molecule has 250 valence electrons. The highest BCUT2D eigenvalue weighted by Gasteiger charge is 2.35. The lowest BCUT2D eigenvalue weighted by atomic mass is 9.91. The third-order valence-corrected chi connectivity index (χ3v) is 9.74. The molecule has 7 nitrogen and oxygen atoms in total. The maximum Gasteiger partial charge on any atom is 0.338 e. The topological polar surface area (TPSA) is 79.1 Å². The molecule has 0 bridgehead atoms. The normalized spacial score (nSPS) is 14.4. The van der Waals surface area contributed by atoms with E-state index in [1.54, 1.807) is 47.9 Å². The summed E-state index contributed by atoms with van der Waals surface area (Å²) in [6.07, 6.45) is 1.76. The van der Waals surface area contributed by atoms with Gasteiger partial charge in [-0.25, -0.2) is 14.2 Å². The van der Waals surface area contributed by atoms with Crippen molar-refractivity contribution in [3.63, 3.8) is 0 Å². The monoisotopic (exact) mass is 740 g/mol. The smallest absolute Gasteiger partial charge is 0.338 e. The number of nitrogens with zero attached hydrogens (tertiary/aromatic N) is 2. The molecule has 49 heavy (non-hydrogen) atoms. The molecule has 0 radical (unpaired) electrons.